The van der Waals surface area contributed by atoms with Gasteiger partial charge in [-0.2, -0.15) is 0 Å². The summed E-state index contributed by atoms with van der Waals surface area (Å²) in [6, 6.07) is 6.01. The molecule has 0 aliphatic carbocycles. The van der Waals surface area contributed by atoms with Crippen LogP contribution in [0.4, 0.5) is 0 Å². The molecule has 11 heteroatoms. The standard InChI is InChI=1S/C13H17Cl2O6P.2C4H11N/c1-2-3-4-11(22(17,18)19)21-13(16)12(15)20-10-7-5-9(14)6-8-10;2*1-4(2,3)5/h5-8,11-12H,2-4H2,1H3,(H2,17,18,19);2*5H2,1-3H3. The molecule has 0 spiro atoms. The second-order valence-corrected chi connectivity index (χ2v) is 12.1. The third-order valence-corrected chi connectivity index (χ3v) is 4.24. The summed E-state index contributed by atoms with van der Waals surface area (Å²) in [5, 5.41) is 0.472. The van der Waals surface area contributed by atoms with E-state index < -0.39 is 25.0 Å². The highest BCUT2D eigenvalue weighted by Gasteiger charge is 2.25. The largest absolute Gasteiger partial charge is 0.808 e. The lowest BCUT2D eigenvalue weighted by Gasteiger charge is -2.37. The van der Waals surface area contributed by atoms with Gasteiger partial charge in [-0.05, 0) is 86.2 Å². The number of rotatable bonds is 8. The van der Waals surface area contributed by atoms with Gasteiger partial charge in [-0.15, -0.1) is 0 Å². The Hall–Kier alpha value is -0.860. The molecule has 0 bridgehead atoms. The van der Waals surface area contributed by atoms with Gasteiger partial charge >= 0.3 is 5.97 Å². The van der Waals surface area contributed by atoms with Crippen molar-refractivity contribution in [2.45, 2.75) is 90.2 Å². The van der Waals surface area contributed by atoms with Crippen molar-refractivity contribution in [3.8, 4) is 5.75 Å². The van der Waals surface area contributed by atoms with Crippen molar-refractivity contribution in [3.05, 3.63) is 29.3 Å². The fourth-order valence-corrected chi connectivity index (χ4v) is 2.54. The number of hydrogen-bond donors (Lipinski definition) is 2. The topological polar surface area (TPSA) is 154 Å². The van der Waals surface area contributed by atoms with Gasteiger partial charge in [-0.25, -0.2) is 4.79 Å². The first-order valence-electron chi connectivity index (χ1n) is 10.2. The molecule has 0 aromatic heterocycles. The first-order valence-corrected chi connectivity index (χ1v) is 12.7. The van der Waals surface area contributed by atoms with E-state index in [0.29, 0.717) is 17.9 Å². The van der Waals surface area contributed by atoms with Gasteiger partial charge in [0.2, 0.25) is 0 Å². The van der Waals surface area contributed by atoms with Gasteiger partial charge in [-0.1, -0.05) is 36.5 Å². The third-order valence-electron chi connectivity index (χ3n) is 2.65. The minimum atomic E-state index is -5.06. The fraction of sp³-hybridized carbons (Fsp3) is 0.667. The maximum atomic E-state index is 11.7. The molecule has 6 N–H and O–H groups in total. The molecular formula is C21H39Cl2N2O6P. The lowest BCUT2D eigenvalue weighted by atomic mass is 10.1. The van der Waals surface area contributed by atoms with Crippen molar-refractivity contribution in [2.24, 2.45) is 0 Å². The molecule has 0 fully saturated rings. The summed E-state index contributed by atoms with van der Waals surface area (Å²) in [5.74, 6) is -2.63. The number of halogens is 2. The van der Waals surface area contributed by atoms with Gasteiger partial charge in [0, 0.05) is 5.02 Å². The highest BCUT2D eigenvalue weighted by molar-refractivity contribution is 7.49. The van der Waals surface area contributed by atoms with Gasteiger partial charge < -0.3 is 35.3 Å². The SMILES string of the molecule is CC(C)(C)[NH3+].CC(C)(C)[NH3+].CCCCC(OC(=O)C(Cl)Oc1ccc(Cl)cc1)P(=O)([O-])[O-]. The number of benzene rings is 1. The Kier molecular flexibility index (Phi) is 15.7. The normalized spacial score (nSPS) is 13.5. The van der Waals surface area contributed by atoms with Crippen LogP contribution in [-0.4, -0.2) is 28.5 Å². The summed E-state index contributed by atoms with van der Waals surface area (Å²) < 4.78 is 20.8. The molecule has 0 saturated carbocycles. The van der Waals surface area contributed by atoms with Crippen molar-refractivity contribution in [1.29, 1.82) is 0 Å². The number of hydrogen-bond acceptors (Lipinski definition) is 6. The number of esters is 1. The van der Waals surface area contributed by atoms with Crippen LogP contribution in [0, 0.1) is 0 Å². The van der Waals surface area contributed by atoms with Crippen LogP contribution in [0.2, 0.25) is 5.02 Å². The van der Waals surface area contributed by atoms with Crippen LogP contribution >= 0.6 is 30.8 Å². The molecule has 1 rings (SSSR count). The second-order valence-electron chi connectivity index (χ2n) is 9.58. The molecule has 0 amide bonds. The van der Waals surface area contributed by atoms with Gasteiger partial charge in [0.1, 0.15) is 11.6 Å². The average molecular weight is 517 g/mol. The summed E-state index contributed by atoms with van der Waals surface area (Å²) in [5.41, 5.74) is 6.47. The molecule has 1 aromatic rings. The smallest absolute Gasteiger partial charge is 0.364 e. The summed E-state index contributed by atoms with van der Waals surface area (Å²) in [6.07, 6.45) is 1.01. The van der Waals surface area contributed by atoms with E-state index in [1.807, 2.05) is 6.92 Å². The number of ether oxygens (including phenoxy) is 2. The van der Waals surface area contributed by atoms with Crippen molar-refractivity contribution < 1.29 is 40.1 Å². The molecule has 8 nitrogen and oxygen atoms in total. The maximum absolute atomic E-state index is 11.7. The zero-order valence-electron chi connectivity index (χ0n) is 20.2. The molecule has 0 saturated heterocycles. The van der Waals surface area contributed by atoms with Crippen LogP contribution in [0.3, 0.4) is 0 Å². The first-order chi connectivity index (χ1) is 14.2. The van der Waals surface area contributed by atoms with E-state index in [2.05, 4.69) is 57.7 Å². The monoisotopic (exact) mass is 516 g/mol. The quantitative estimate of drug-likeness (QED) is 0.306. The Morgan fingerprint density at radius 1 is 1.06 bits per heavy atom. The van der Waals surface area contributed by atoms with E-state index in [1.54, 1.807) is 0 Å². The molecule has 0 aliphatic heterocycles. The van der Waals surface area contributed by atoms with E-state index >= 15 is 0 Å². The van der Waals surface area contributed by atoms with Crippen molar-refractivity contribution >= 4 is 36.8 Å². The van der Waals surface area contributed by atoms with Crippen LogP contribution in [0.5, 0.6) is 5.75 Å². The molecule has 32 heavy (non-hydrogen) atoms. The van der Waals surface area contributed by atoms with Crippen molar-refractivity contribution in [1.82, 2.24) is 0 Å². The number of alkyl halides is 1. The van der Waals surface area contributed by atoms with E-state index in [-0.39, 0.29) is 23.2 Å². The van der Waals surface area contributed by atoms with Crippen LogP contribution in [0.15, 0.2) is 24.3 Å². The zero-order chi connectivity index (χ0) is 25.8. The Morgan fingerprint density at radius 2 is 1.47 bits per heavy atom. The van der Waals surface area contributed by atoms with Crippen LogP contribution in [-0.2, 0) is 14.1 Å². The van der Waals surface area contributed by atoms with E-state index in [0.717, 1.165) is 0 Å². The molecule has 1 aromatic carbocycles. The Labute approximate surface area is 202 Å². The van der Waals surface area contributed by atoms with E-state index in [4.69, 9.17) is 27.9 Å². The van der Waals surface area contributed by atoms with E-state index in [1.165, 1.54) is 24.3 Å². The Morgan fingerprint density at radius 3 is 1.81 bits per heavy atom. The van der Waals surface area contributed by atoms with Gasteiger partial charge in [0.05, 0.1) is 11.1 Å². The van der Waals surface area contributed by atoms with Crippen molar-refractivity contribution in [3.63, 3.8) is 0 Å². The molecule has 188 valence electrons. The molecule has 0 radical (unpaired) electrons. The number of carbonyl (C=O) groups excluding carboxylic acids is 1. The lowest BCUT2D eigenvalue weighted by molar-refractivity contribution is -0.459. The predicted octanol–water partition coefficient (Wildman–Crippen LogP) is 2.31. The Balaban J connectivity index is 0. The molecule has 0 heterocycles. The predicted molar refractivity (Wildman–Crippen MR) is 124 cm³/mol. The lowest BCUT2D eigenvalue weighted by Crippen LogP contribution is -2.67. The highest BCUT2D eigenvalue weighted by Crippen LogP contribution is 2.36. The first kappa shape index (κ1) is 33.3. The van der Waals surface area contributed by atoms with Gasteiger partial charge in [0.25, 0.3) is 5.56 Å². The van der Waals surface area contributed by atoms with Crippen LogP contribution < -0.4 is 26.0 Å². The van der Waals surface area contributed by atoms with Gasteiger partial charge in [-0.3, -0.25) is 0 Å². The Bertz CT molecular complexity index is 676. The number of quaternary nitrogens is 2. The second kappa shape index (κ2) is 15.1. The molecule has 0 aliphatic rings. The molecule has 2 unspecified atom stereocenters. The summed E-state index contributed by atoms with van der Waals surface area (Å²) in [6.45, 7) is 14.3. The summed E-state index contributed by atoms with van der Waals surface area (Å²) >= 11 is 11.4. The number of unbranched alkanes of at least 4 members (excludes halogenated alkanes) is 1. The number of carbonyl (C=O) groups is 1. The summed E-state index contributed by atoms with van der Waals surface area (Å²) in [4.78, 5) is 33.9. The fourth-order valence-electron chi connectivity index (χ4n) is 1.53. The average Bonchev–Trinajstić information content (AvgIpc) is 2.56. The maximum Gasteiger partial charge on any atom is 0.364 e. The van der Waals surface area contributed by atoms with Crippen LogP contribution in [0.1, 0.15) is 67.7 Å². The minimum Gasteiger partial charge on any atom is -0.808 e. The van der Waals surface area contributed by atoms with Crippen molar-refractivity contribution in [2.75, 3.05) is 0 Å². The van der Waals surface area contributed by atoms with Gasteiger partial charge in [0.15, 0.2) is 0 Å². The third kappa shape index (κ3) is 23.8. The van der Waals surface area contributed by atoms with Crippen LogP contribution in [0.25, 0.3) is 0 Å². The highest BCUT2D eigenvalue weighted by atomic mass is 35.5. The van der Waals surface area contributed by atoms with E-state index in [9.17, 15) is 19.1 Å². The molecule has 2 atom stereocenters. The zero-order valence-corrected chi connectivity index (χ0v) is 22.6. The summed E-state index contributed by atoms with van der Waals surface area (Å²) in [7, 11) is -5.06. The minimum absolute atomic E-state index is 0.0723. The molecular weight excluding hydrogens is 478 g/mol.